The Balaban J connectivity index is 1.80. The maximum atomic E-state index is 14.6. The SMILES string of the molecule is COc1ccc(C2C(=Cc3ccccc3)[N+](Cc3ccccc3)(C(=O)[O-])C(=NC(=O)c3ccccc3F)N2C)cc1. The second kappa shape index (κ2) is 11.6. The van der Waals surface area contributed by atoms with Gasteiger partial charge in [0, 0.05) is 18.7 Å². The highest BCUT2D eigenvalue weighted by Gasteiger charge is 2.57. The van der Waals surface area contributed by atoms with E-state index in [2.05, 4.69) is 4.99 Å². The van der Waals surface area contributed by atoms with Crippen molar-refractivity contribution in [2.24, 2.45) is 4.99 Å². The number of ether oxygens (including phenoxy) is 1. The van der Waals surface area contributed by atoms with Crippen LogP contribution in [0.4, 0.5) is 9.18 Å². The van der Waals surface area contributed by atoms with Crippen molar-refractivity contribution in [3.63, 3.8) is 0 Å². The van der Waals surface area contributed by atoms with Crippen molar-refractivity contribution in [1.82, 2.24) is 4.90 Å². The number of hydrogen-bond acceptors (Lipinski definition) is 4. The highest BCUT2D eigenvalue weighted by Crippen LogP contribution is 2.46. The molecule has 4 aromatic carbocycles. The molecule has 0 aliphatic carbocycles. The highest BCUT2D eigenvalue weighted by molar-refractivity contribution is 6.03. The molecule has 8 heteroatoms. The fraction of sp³-hybridized carbons (Fsp3) is 0.121. The number of amides is 2. The van der Waals surface area contributed by atoms with Crippen molar-refractivity contribution < 1.29 is 28.3 Å². The lowest BCUT2D eigenvalue weighted by atomic mass is 10.00. The van der Waals surface area contributed by atoms with Crippen LogP contribution in [0, 0.1) is 5.82 Å². The average Bonchev–Trinajstić information content (AvgIpc) is 3.21. The molecule has 0 bridgehead atoms. The molecule has 1 saturated heterocycles. The minimum atomic E-state index is -1.47. The number of nitrogens with zero attached hydrogens (tertiary/aromatic N) is 3. The van der Waals surface area contributed by atoms with E-state index in [1.165, 1.54) is 18.2 Å². The number of hydrogen-bond donors (Lipinski definition) is 0. The molecule has 0 N–H and O–H groups in total. The van der Waals surface area contributed by atoms with Crippen LogP contribution in [0.2, 0.25) is 0 Å². The van der Waals surface area contributed by atoms with Crippen molar-refractivity contribution >= 4 is 24.0 Å². The smallest absolute Gasteiger partial charge is 0.320 e. The zero-order chi connectivity index (χ0) is 29.0. The fourth-order valence-electron chi connectivity index (χ4n) is 5.22. The average molecular weight is 550 g/mol. The van der Waals surface area contributed by atoms with Crippen LogP contribution < -0.4 is 9.84 Å². The van der Waals surface area contributed by atoms with Gasteiger partial charge in [0.15, 0.2) is 5.70 Å². The lowest BCUT2D eigenvalue weighted by Crippen LogP contribution is -2.59. The third-order valence-electron chi connectivity index (χ3n) is 7.19. The van der Waals surface area contributed by atoms with Crippen LogP contribution in [0.1, 0.15) is 33.1 Å². The molecule has 0 saturated carbocycles. The number of benzene rings is 4. The summed E-state index contributed by atoms with van der Waals surface area (Å²) < 4.78 is 19.1. The monoisotopic (exact) mass is 549 g/mol. The summed E-state index contributed by atoms with van der Waals surface area (Å²) >= 11 is 0. The number of guanidine groups is 1. The molecule has 2 amide bonds. The summed E-state index contributed by atoms with van der Waals surface area (Å²) in [6.07, 6.45) is 0.319. The first-order valence-corrected chi connectivity index (χ1v) is 13.0. The summed E-state index contributed by atoms with van der Waals surface area (Å²) in [5, 5.41) is 13.5. The van der Waals surface area contributed by atoms with Crippen LogP contribution in [-0.4, -0.2) is 41.5 Å². The van der Waals surface area contributed by atoms with E-state index in [-0.39, 0.29) is 18.1 Å². The Morgan fingerprint density at radius 2 is 1.54 bits per heavy atom. The van der Waals surface area contributed by atoms with E-state index in [4.69, 9.17) is 4.74 Å². The molecule has 1 aliphatic rings. The van der Waals surface area contributed by atoms with Gasteiger partial charge in [0.25, 0.3) is 12.0 Å². The third-order valence-corrected chi connectivity index (χ3v) is 7.19. The predicted molar refractivity (Wildman–Crippen MR) is 152 cm³/mol. The van der Waals surface area contributed by atoms with E-state index in [0.29, 0.717) is 17.0 Å². The molecular weight excluding hydrogens is 521 g/mol. The normalized spacial score (nSPS) is 20.4. The van der Waals surface area contributed by atoms with Crippen LogP contribution in [0.15, 0.2) is 120 Å². The zero-order valence-electron chi connectivity index (χ0n) is 22.6. The first kappa shape index (κ1) is 27.5. The Kier molecular flexibility index (Phi) is 7.76. The van der Waals surface area contributed by atoms with Gasteiger partial charge < -0.3 is 14.6 Å². The Labute approximate surface area is 237 Å². The second-order valence-electron chi connectivity index (χ2n) is 9.68. The lowest BCUT2D eigenvalue weighted by Gasteiger charge is -2.33. The summed E-state index contributed by atoms with van der Waals surface area (Å²) in [5.74, 6) is -1.10. The molecule has 206 valence electrons. The summed E-state index contributed by atoms with van der Waals surface area (Å²) in [6, 6.07) is 30.5. The minimum absolute atomic E-state index is 0.0925. The molecule has 0 radical (unpaired) electrons. The quantitative estimate of drug-likeness (QED) is 0.300. The Morgan fingerprint density at radius 3 is 2.15 bits per heavy atom. The molecule has 2 atom stereocenters. The predicted octanol–water partition coefficient (Wildman–Crippen LogP) is 5.42. The number of aliphatic imine (C=N–C) groups is 1. The maximum Gasteiger partial charge on any atom is 0.320 e. The lowest BCUT2D eigenvalue weighted by molar-refractivity contribution is -0.763. The third kappa shape index (κ3) is 5.25. The van der Waals surface area contributed by atoms with Gasteiger partial charge in [-0.2, -0.15) is 4.48 Å². The summed E-state index contributed by atoms with van der Waals surface area (Å²) in [4.78, 5) is 32.8. The Bertz CT molecular complexity index is 1620. The molecule has 41 heavy (non-hydrogen) atoms. The first-order chi connectivity index (χ1) is 19.8. The fourth-order valence-corrected chi connectivity index (χ4v) is 5.22. The van der Waals surface area contributed by atoms with E-state index < -0.39 is 28.3 Å². The number of likely N-dealkylation sites (N-methyl/N-ethyl adjacent to an activating group) is 1. The van der Waals surface area contributed by atoms with Gasteiger partial charge in [0.2, 0.25) is 0 Å². The maximum absolute atomic E-state index is 14.6. The number of quaternary nitrogens is 1. The van der Waals surface area contributed by atoms with Gasteiger partial charge in [-0.1, -0.05) is 84.9 Å². The molecule has 0 spiro atoms. The van der Waals surface area contributed by atoms with Crippen LogP contribution in [0.3, 0.4) is 0 Å². The van der Waals surface area contributed by atoms with E-state index >= 15 is 0 Å². The van der Waals surface area contributed by atoms with Gasteiger partial charge in [-0.15, -0.1) is 4.99 Å². The number of halogens is 1. The number of carbonyl (C=O) groups excluding carboxylic acids is 2. The molecular formula is C33H28FN3O4. The van der Waals surface area contributed by atoms with E-state index in [0.717, 1.165) is 17.2 Å². The van der Waals surface area contributed by atoms with Crippen molar-refractivity contribution in [2.45, 2.75) is 12.6 Å². The standard InChI is InChI=1S/C33H28FN3O4/c1-36-30(25-17-19-26(41-2)20-18-25)29(21-23-11-5-3-6-12-23)37(33(39)40,22-24-13-7-4-8-14-24)32(36)35-31(38)27-15-9-10-16-28(27)34/h3-21,30H,22H2,1-2H3. The highest BCUT2D eigenvalue weighted by atomic mass is 19.1. The summed E-state index contributed by atoms with van der Waals surface area (Å²) in [7, 11) is 3.24. The van der Waals surface area contributed by atoms with Gasteiger partial charge >= 0.3 is 5.96 Å². The first-order valence-electron chi connectivity index (χ1n) is 13.0. The van der Waals surface area contributed by atoms with E-state index in [1.807, 2.05) is 60.7 Å². The van der Waals surface area contributed by atoms with Crippen LogP contribution in [0.5, 0.6) is 5.75 Å². The molecule has 5 rings (SSSR count). The van der Waals surface area contributed by atoms with Gasteiger partial charge in [0.05, 0.1) is 12.7 Å². The summed E-state index contributed by atoms with van der Waals surface area (Å²) in [5.41, 5.74) is 2.34. The van der Waals surface area contributed by atoms with Crippen LogP contribution in [-0.2, 0) is 6.54 Å². The zero-order valence-corrected chi connectivity index (χ0v) is 22.6. The molecule has 1 aliphatic heterocycles. The Morgan fingerprint density at radius 1 is 0.927 bits per heavy atom. The van der Waals surface area contributed by atoms with Crippen LogP contribution in [0.25, 0.3) is 6.08 Å². The second-order valence-corrected chi connectivity index (χ2v) is 9.68. The van der Waals surface area contributed by atoms with Crippen molar-refractivity contribution in [3.05, 3.63) is 143 Å². The van der Waals surface area contributed by atoms with Crippen molar-refractivity contribution in [1.29, 1.82) is 0 Å². The Hall–Kier alpha value is -5.08. The molecule has 0 aromatic heterocycles. The van der Waals surface area contributed by atoms with Crippen LogP contribution >= 0.6 is 0 Å². The summed E-state index contributed by atoms with van der Waals surface area (Å²) in [6.45, 7) is -0.0950. The number of carboxylic acid groups (broad SMARTS) is 1. The van der Waals surface area contributed by atoms with E-state index in [9.17, 15) is 19.1 Å². The van der Waals surface area contributed by atoms with E-state index in [1.54, 1.807) is 49.4 Å². The topological polar surface area (TPSA) is 82.0 Å². The molecule has 1 fully saturated rings. The molecule has 2 unspecified atom stereocenters. The van der Waals surface area contributed by atoms with Crippen molar-refractivity contribution in [2.75, 3.05) is 14.2 Å². The number of rotatable bonds is 6. The minimum Gasteiger partial charge on any atom is -0.498 e. The van der Waals surface area contributed by atoms with Crippen molar-refractivity contribution in [3.8, 4) is 5.75 Å². The van der Waals surface area contributed by atoms with Gasteiger partial charge in [-0.3, -0.25) is 9.69 Å². The molecule has 1 heterocycles. The number of methoxy groups -OCH3 is 1. The molecule has 7 nitrogen and oxygen atoms in total. The molecule has 4 aromatic rings. The van der Waals surface area contributed by atoms with Gasteiger partial charge in [0.1, 0.15) is 24.2 Å². The van der Waals surface area contributed by atoms with Gasteiger partial charge in [-0.05, 0) is 35.4 Å². The van der Waals surface area contributed by atoms with Gasteiger partial charge in [-0.25, -0.2) is 4.39 Å². The largest absolute Gasteiger partial charge is 0.498 e. The number of carbonyl (C=O) groups is 2.